The fraction of sp³-hybridized carbons (Fsp3) is 0.900. The van der Waals surface area contributed by atoms with Crippen LogP contribution in [0.3, 0.4) is 0 Å². The van der Waals surface area contributed by atoms with Crippen molar-refractivity contribution in [2.75, 3.05) is 7.05 Å². The van der Waals surface area contributed by atoms with Crippen LogP contribution in [0.4, 0.5) is 0 Å². The molecule has 0 heterocycles. The predicted octanol–water partition coefficient (Wildman–Crippen LogP) is 2.19. The average Bonchev–Trinajstić information content (AvgIpc) is 1.80. The van der Waals surface area contributed by atoms with E-state index < -0.39 is 0 Å². The summed E-state index contributed by atoms with van der Waals surface area (Å²) in [6.45, 7) is 10.4. The molecular formula is C10H21NO. The summed E-state index contributed by atoms with van der Waals surface area (Å²) >= 11 is 0. The van der Waals surface area contributed by atoms with Crippen LogP contribution in [0.25, 0.3) is 0 Å². The highest BCUT2D eigenvalue weighted by atomic mass is 16.2. The maximum atomic E-state index is 11.4. The van der Waals surface area contributed by atoms with Crippen LogP contribution >= 0.6 is 0 Å². The molecule has 2 heteroatoms. The first kappa shape index (κ1) is 11.5. The van der Waals surface area contributed by atoms with Crippen LogP contribution in [0.2, 0.25) is 0 Å². The Morgan fingerprint density at radius 1 is 1.17 bits per heavy atom. The third-order valence-corrected chi connectivity index (χ3v) is 1.81. The van der Waals surface area contributed by atoms with Gasteiger partial charge in [0.2, 0.25) is 5.91 Å². The van der Waals surface area contributed by atoms with Crippen LogP contribution in [0.15, 0.2) is 0 Å². The van der Waals surface area contributed by atoms with Gasteiger partial charge in [-0.2, -0.15) is 0 Å². The van der Waals surface area contributed by atoms with Crippen LogP contribution in [0.1, 0.15) is 41.0 Å². The average molecular weight is 171 g/mol. The molecule has 0 aliphatic carbocycles. The smallest absolute Gasteiger partial charge is 0.225 e. The van der Waals surface area contributed by atoms with E-state index in [0.29, 0.717) is 0 Å². The fourth-order valence-corrected chi connectivity index (χ4v) is 1.74. The van der Waals surface area contributed by atoms with Gasteiger partial charge in [0.1, 0.15) is 0 Å². The first-order valence-corrected chi connectivity index (χ1v) is 4.41. The quantitative estimate of drug-likeness (QED) is 0.678. The largest absolute Gasteiger partial charge is 0.359 e. The Kier molecular flexibility index (Phi) is 3.31. The van der Waals surface area contributed by atoms with Crippen molar-refractivity contribution in [3.8, 4) is 0 Å². The monoisotopic (exact) mass is 171 g/mol. The highest BCUT2D eigenvalue weighted by Crippen LogP contribution is 2.32. The van der Waals surface area contributed by atoms with Crippen molar-refractivity contribution in [3.63, 3.8) is 0 Å². The summed E-state index contributed by atoms with van der Waals surface area (Å²) in [6.07, 6.45) is 0.902. The molecule has 1 amide bonds. The zero-order chi connectivity index (χ0) is 9.99. The maximum absolute atomic E-state index is 11.4. The molecular weight excluding hydrogens is 150 g/mol. The van der Waals surface area contributed by atoms with Gasteiger partial charge in [0.05, 0.1) is 0 Å². The number of hydrogen-bond donors (Lipinski definition) is 1. The summed E-state index contributed by atoms with van der Waals surface area (Å²) in [5.74, 6) is 0.123. The van der Waals surface area contributed by atoms with Crippen molar-refractivity contribution in [1.29, 1.82) is 0 Å². The zero-order valence-electron chi connectivity index (χ0n) is 9.12. The lowest BCUT2D eigenvalue weighted by Gasteiger charge is -2.30. The van der Waals surface area contributed by atoms with Crippen molar-refractivity contribution < 1.29 is 4.79 Å². The van der Waals surface area contributed by atoms with Gasteiger partial charge in [-0.15, -0.1) is 0 Å². The zero-order valence-corrected chi connectivity index (χ0v) is 9.12. The molecule has 0 rings (SSSR count). The number of hydrogen-bond acceptors (Lipinski definition) is 1. The van der Waals surface area contributed by atoms with Gasteiger partial charge in [-0.1, -0.05) is 34.6 Å². The summed E-state index contributed by atoms with van der Waals surface area (Å²) in [5.41, 5.74) is -0.0526. The Hall–Kier alpha value is -0.530. The minimum atomic E-state index is -0.257. The number of carbonyl (C=O) groups excluding carboxylic acids is 1. The molecule has 12 heavy (non-hydrogen) atoms. The Bertz CT molecular complexity index is 165. The van der Waals surface area contributed by atoms with Crippen molar-refractivity contribution in [2.45, 2.75) is 41.0 Å². The van der Waals surface area contributed by atoms with Gasteiger partial charge in [-0.3, -0.25) is 4.79 Å². The molecule has 0 aromatic rings. The standard InChI is InChI=1S/C10H21NO/c1-9(2,3)7-10(4,5)8(12)11-6/h7H2,1-6H3,(H,11,12). The lowest BCUT2D eigenvalue weighted by Crippen LogP contribution is -2.37. The molecule has 0 bridgehead atoms. The SMILES string of the molecule is CNC(=O)C(C)(C)CC(C)(C)C. The number of rotatable bonds is 2. The van der Waals surface area contributed by atoms with E-state index in [2.05, 4.69) is 26.1 Å². The van der Waals surface area contributed by atoms with E-state index in [1.807, 2.05) is 13.8 Å². The molecule has 72 valence electrons. The van der Waals surface area contributed by atoms with Gasteiger partial charge >= 0.3 is 0 Å². The van der Waals surface area contributed by atoms with Crippen LogP contribution in [-0.2, 0) is 4.79 Å². The molecule has 0 aromatic heterocycles. The summed E-state index contributed by atoms with van der Waals surface area (Å²) in [7, 11) is 1.69. The second-order valence-corrected chi connectivity index (χ2v) is 5.20. The van der Waals surface area contributed by atoms with E-state index >= 15 is 0 Å². The minimum absolute atomic E-state index is 0.123. The van der Waals surface area contributed by atoms with E-state index in [9.17, 15) is 4.79 Å². The Morgan fingerprint density at radius 2 is 1.58 bits per heavy atom. The molecule has 0 radical (unpaired) electrons. The molecule has 0 atom stereocenters. The normalized spacial score (nSPS) is 12.8. The molecule has 2 nitrogen and oxygen atoms in total. The lowest BCUT2D eigenvalue weighted by atomic mass is 9.76. The van der Waals surface area contributed by atoms with Gasteiger partial charge in [-0.05, 0) is 11.8 Å². The number of carbonyl (C=O) groups is 1. The molecule has 0 aliphatic heterocycles. The van der Waals surface area contributed by atoms with Crippen LogP contribution in [-0.4, -0.2) is 13.0 Å². The predicted molar refractivity (Wildman–Crippen MR) is 51.9 cm³/mol. The molecule has 0 saturated carbocycles. The Labute approximate surface area is 75.7 Å². The molecule has 0 saturated heterocycles. The first-order valence-electron chi connectivity index (χ1n) is 4.41. The summed E-state index contributed by atoms with van der Waals surface area (Å²) in [4.78, 5) is 11.4. The second-order valence-electron chi connectivity index (χ2n) is 5.20. The topological polar surface area (TPSA) is 29.1 Å². The van der Waals surface area contributed by atoms with E-state index in [0.717, 1.165) is 6.42 Å². The van der Waals surface area contributed by atoms with Crippen molar-refractivity contribution in [2.24, 2.45) is 10.8 Å². The lowest BCUT2D eigenvalue weighted by molar-refractivity contribution is -0.130. The summed E-state index contributed by atoms with van der Waals surface area (Å²) in [5, 5.41) is 2.69. The molecule has 0 spiro atoms. The van der Waals surface area contributed by atoms with Crippen LogP contribution < -0.4 is 5.32 Å². The van der Waals surface area contributed by atoms with Crippen LogP contribution in [0.5, 0.6) is 0 Å². The number of amides is 1. The van der Waals surface area contributed by atoms with Gasteiger partial charge in [0, 0.05) is 12.5 Å². The highest BCUT2D eigenvalue weighted by molar-refractivity contribution is 5.81. The second kappa shape index (κ2) is 3.46. The fourth-order valence-electron chi connectivity index (χ4n) is 1.74. The van der Waals surface area contributed by atoms with Gasteiger partial charge in [0.25, 0.3) is 0 Å². The molecule has 0 aliphatic rings. The van der Waals surface area contributed by atoms with Crippen LogP contribution in [0, 0.1) is 10.8 Å². The first-order chi connectivity index (χ1) is 5.19. The van der Waals surface area contributed by atoms with Gasteiger partial charge in [-0.25, -0.2) is 0 Å². The Balaban J connectivity index is 4.32. The molecule has 0 aromatic carbocycles. The highest BCUT2D eigenvalue weighted by Gasteiger charge is 2.31. The van der Waals surface area contributed by atoms with E-state index in [1.165, 1.54) is 0 Å². The van der Waals surface area contributed by atoms with E-state index in [1.54, 1.807) is 7.05 Å². The summed E-state index contributed by atoms with van der Waals surface area (Å²) in [6, 6.07) is 0. The van der Waals surface area contributed by atoms with E-state index in [-0.39, 0.29) is 16.7 Å². The molecule has 0 fully saturated rings. The van der Waals surface area contributed by atoms with Gasteiger partial charge in [0.15, 0.2) is 0 Å². The van der Waals surface area contributed by atoms with Crippen molar-refractivity contribution >= 4 is 5.91 Å². The number of nitrogens with one attached hydrogen (secondary N) is 1. The third kappa shape index (κ3) is 3.74. The molecule has 1 N–H and O–H groups in total. The van der Waals surface area contributed by atoms with E-state index in [4.69, 9.17) is 0 Å². The minimum Gasteiger partial charge on any atom is -0.359 e. The molecule has 0 unspecified atom stereocenters. The maximum Gasteiger partial charge on any atom is 0.225 e. The van der Waals surface area contributed by atoms with Gasteiger partial charge < -0.3 is 5.32 Å². The Morgan fingerprint density at radius 3 is 1.83 bits per heavy atom. The van der Waals surface area contributed by atoms with Crippen molar-refractivity contribution in [3.05, 3.63) is 0 Å². The van der Waals surface area contributed by atoms with Crippen molar-refractivity contribution in [1.82, 2.24) is 5.32 Å². The third-order valence-electron chi connectivity index (χ3n) is 1.81. The summed E-state index contributed by atoms with van der Waals surface area (Å²) < 4.78 is 0.